The summed E-state index contributed by atoms with van der Waals surface area (Å²) in [6, 6.07) is 12.1. The van der Waals surface area contributed by atoms with E-state index < -0.39 is 0 Å². The van der Waals surface area contributed by atoms with Crippen molar-refractivity contribution in [1.82, 2.24) is 10.3 Å². The van der Waals surface area contributed by atoms with Crippen LogP contribution in [-0.2, 0) is 11.3 Å². The summed E-state index contributed by atoms with van der Waals surface area (Å²) < 4.78 is 0. The molecule has 2 heterocycles. The fraction of sp³-hybridized carbons (Fsp3) is 0.300. The molecule has 124 valence electrons. The molecule has 1 aliphatic rings. The van der Waals surface area contributed by atoms with E-state index in [0.29, 0.717) is 6.54 Å². The van der Waals surface area contributed by atoms with Crippen LogP contribution in [0.15, 0.2) is 48.7 Å². The van der Waals surface area contributed by atoms with Gasteiger partial charge in [0.2, 0.25) is 5.91 Å². The van der Waals surface area contributed by atoms with Crippen LogP contribution in [0.2, 0.25) is 0 Å². The molecule has 2 aromatic rings. The highest BCUT2D eigenvalue weighted by molar-refractivity contribution is 5.91. The minimum Gasteiger partial charge on any atom is -0.357 e. The summed E-state index contributed by atoms with van der Waals surface area (Å²) in [4.78, 5) is 18.7. The van der Waals surface area contributed by atoms with E-state index in [0.717, 1.165) is 30.0 Å². The van der Waals surface area contributed by atoms with Gasteiger partial charge in [0.25, 0.3) is 0 Å². The van der Waals surface area contributed by atoms with Gasteiger partial charge in [-0.2, -0.15) is 0 Å². The summed E-state index contributed by atoms with van der Waals surface area (Å²) in [5, 5.41) is 2.93. The maximum atomic E-state index is 12.0. The summed E-state index contributed by atoms with van der Waals surface area (Å²) in [6.45, 7) is 4.70. The Hall–Kier alpha value is -2.62. The van der Waals surface area contributed by atoms with Gasteiger partial charge in [0.05, 0.1) is 0 Å². The first-order valence-electron chi connectivity index (χ1n) is 8.43. The molecule has 3 rings (SSSR count). The van der Waals surface area contributed by atoms with Gasteiger partial charge in [-0.3, -0.25) is 4.79 Å². The number of aromatic nitrogens is 1. The number of nitrogens with one attached hydrogen (secondary N) is 1. The Labute approximate surface area is 143 Å². The lowest BCUT2D eigenvalue weighted by Crippen LogP contribution is -2.22. The van der Waals surface area contributed by atoms with Crippen LogP contribution >= 0.6 is 0 Å². The van der Waals surface area contributed by atoms with Crippen molar-refractivity contribution in [2.24, 2.45) is 0 Å². The molecule has 1 aromatic heterocycles. The summed E-state index contributed by atoms with van der Waals surface area (Å²) in [7, 11) is 0. The molecule has 1 saturated heterocycles. The average molecular weight is 321 g/mol. The van der Waals surface area contributed by atoms with Gasteiger partial charge < -0.3 is 10.2 Å². The molecule has 0 aliphatic carbocycles. The van der Waals surface area contributed by atoms with E-state index in [1.807, 2.05) is 49.5 Å². The molecule has 1 N–H and O–H groups in total. The molecular weight excluding hydrogens is 298 g/mol. The van der Waals surface area contributed by atoms with E-state index in [1.165, 1.54) is 18.4 Å². The maximum Gasteiger partial charge on any atom is 0.244 e. The van der Waals surface area contributed by atoms with Crippen molar-refractivity contribution in [2.45, 2.75) is 26.3 Å². The van der Waals surface area contributed by atoms with E-state index in [2.05, 4.69) is 21.3 Å². The number of benzene rings is 1. The highest BCUT2D eigenvalue weighted by atomic mass is 16.1. The van der Waals surface area contributed by atoms with Crippen LogP contribution in [0.3, 0.4) is 0 Å². The molecule has 4 heteroatoms. The molecule has 1 aliphatic heterocycles. The van der Waals surface area contributed by atoms with Crippen LogP contribution in [0.1, 0.15) is 29.5 Å². The molecule has 0 atom stereocenters. The summed E-state index contributed by atoms with van der Waals surface area (Å²) >= 11 is 0. The van der Waals surface area contributed by atoms with Gasteiger partial charge in [0.1, 0.15) is 5.82 Å². The number of carbonyl (C=O) groups is 1. The Balaban J connectivity index is 1.54. The van der Waals surface area contributed by atoms with Gasteiger partial charge in [-0.05, 0) is 49.1 Å². The number of pyridine rings is 1. The van der Waals surface area contributed by atoms with Gasteiger partial charge in [-0.1, -0.05) is 29.8 Å². The largest absolute Gasteiger partial charge is 0.357 e. The van der Waals surface area contributed by atoms with Gasteiger partial charge in [-0.15, -0.1) is 0 Å². The second-order valence-electron chi connectivity index (χ2n) is 6.18. The Kier molecular flexibility index (Phi) is 5.26. The average Bonchev–Trinajstić information content (AvgIpc) is 3.14. The Bertz CT molecular complexity index is 716. The smallest absolute Gasteiger partial charge is 0.244 e. The molecule has 0 unspecified atom stereocenters. The predicted octanol–water partition coefficient (Wildman–Crippen LogP) is 3.32. The van der Waals surface area contributed by atoms with E-state index in [9.17, 15) is 4.79 Å². The first-order chi connectivity index (χ1) is 11.7. The summed E-state index contributed by atoms with van der Waals surface area (Å²) in [6.07, 6.45) is 7.68. The summed E-state index contributed by atoms with van der Waals surface area (Å²) in [5.74, 6) is 0.921. The lowest BCUT2D eigenvalue weighted by atomic mass is 10.1. The zero-order chi connectivity index (χ0) is 16.8. The molecule has 0 bridgehead atoms. The van der Waals surface area contributed by atoms with Crippen LogP contribution in [0.25, 0.3) is 6.08 Å². The van der Waals surface area contributed by atoms with Crippen molar-refractivity contribution in [3.63, 3.8) is 0 Å². The third-order valence-corrected chi connectivity index (χ3v) is 4.21. The van der Waals surface area contributed by atoms with E-state index >= 15 is 0 Å². The third kappa shape index (κ3) is 4.44. The Morgan fingerprint density at radius 2 is 1.96 bits per heavy atom. The van der Waals surface area contributed by atoms with Crippen LogP contribution < -0.4 is 10.2 Å². The van der Waals surface area contributed by atoms with Crippen LogP contribution in [0.4, 0.5) is 5.82 Å². The van der Waals surface area contributed by atoms with Gasteiger partial charge in [0, 0.05) is 31.9 Å². The number of anilines is 1. The zero-order valence-corrected chi connectivity index (χ0v) is 14.0. The monoisotopic (exact) mass is 321 g/mol. The molecule has 1 amide bonds. The minimum atomic E-state index is -0.0879. The van der Waals surface area contributed by atoms with Crippen molar-refractivity contribution >= 4 is 17.8 Å². The third-order valence-electron chi connectivity index (χ3n) is 4.21. The van der Waals surface area contributed by atoms with Crippen LogP contribution in [0, 0.1) is 6.92 Å². The number of nitrogens with zero attached hydrogens (tertiary/aromatic N) is 2. The standard InChI is InChI=1S/C20H23N3O/c1-16-4-6-17(7-5-16)8-9-20(24)22-15-18-10-11-21-19(14-18)23-12-2-3-13-23/h4-11,14H,2-3,12-13,15H2,1H3,(H,22,24). The summed E-state index contributed by atoms with van der Waals surface area (Å²) in [5.41, 5.74) is 3.31. The second-order valence-corrected chi connectivity index (χ2v) is 6.18. The molecule has 24 heavy (non-hydrogen) atoms. The molecule has 1 aromatic carbocycles. The number of hydrogen-bond acceptors (Lipinski definition) is 3. The molecule has 0 radical (unpaired) electrons. The fourth-order valence-electron chi connectivity index (χ4n) is 2.79. The molecule has 1 fully saturated rings. The Morgan fingerprint density at radius 1 is 1.21 bits per heavy atom. The fourth-order valence-corrected chi connectivity index (χ4v) is 2.79. The van der Waals surface area contributed by atoms with E-state index in [1.54, 1.807) is 6.08 Å². The first kappa shape index (κ1) is 16.2. The van der Waals surface area contributed by atoms with Crippen LogP contribution in [0.5, 0.6) is 0 Å². The van der Waals surface area contributed by atoms with Gasteiger partial charge in [-0.25, -0.2) is 4.98 Å². The van der Waals surface area contributed by atoms with Crippen LogP contribution in [-0.4, -0.2) is 24.0 Å². The highest BCUT2D eigenvalue weighted by Crippen LogP contribution is 2.18. The van der Waals surface area contributed by atoms with Crippen molar-refractivity contribution in [1.29, 1.82) is 0 Å². The number of carbonyl (C=O) groups excluding carboxylic acids is 1. The Morgan fingerprint density at radius 3 is 2.71 bits per heavy atom. The molecule has 0 spiro atoms. The second kappa shape index (κ2) is 7.77. The quantitative estimate of drug-likeness (QED) is 0.859. The lowest BCUT2D eigenvalue weighted by Gasteiger charge is -2.16. The molecule has 4 nitrogen and oxygen atoms in total. The van der Waals surface area contributed by atoms with E-state index in [4.69, 9.17) is 0 Å². The predicted molar refractivity (Wildman–Crippen MR) is 97.7 cm³/mol. The van der Waals surface area contributed by atoms with Gasteiger partial charge in [0.15, 0.2) is 0 Å². The number of aryl methyl sites for hydroxylation is 1. The minimum absolute atomic E-state index is 0.0879. The first-order valence-corrected chi connectivity index (χ1v) is 8.43. The number of amides is 1. The normalized spacial score (nSPS) is 14.3. The van der Waals surface area contributed by atoms with Gasteiger partial charge >= 0.3 is 0 Å². The van der Waals surface area contributed by atoms with Crippen molar-refractivity contribution in [3.05, 3.63) is 65.4 Å². The van der Waals surface area contributed by atoms with Crippen molar-refractivity contribution in [3.8, 4) is 0 Å². The molecular formula is C20H23N3O. The van der Waals surface area contributed by atoms with Crippen molar-refractivity contribution < 1.29 is 4.79 Å². The van der Waals surface area contributed by atoms with Crippen molar-refractivity contribution in [2.75, 3.05) is 18.0 Å². The number of rotatable bonds is 5. The van der Waals surface area contributed by atoms with E-state index in [-0.39, 0.29) is 5.91 Å². The highest BCUT2D eigenvalue weighted by Gasteiger charge is 2.13. The SMILES string of the molecule is Cc1ccc(C=CC(=O)NCc2ccnc(N3CCCC3)c2)cc1. The maximum absolute atomic E-state index is 12.0. The number of hydrogen-bond donors (Lipinski definition) is 1. The molecule has 0 saturated carbocycles. The zero-order valence-electron chi connectivity index (χ0n) is 14.0. The lowest BCUT2D eigenvalue weighted by molar-refractivity contribution is -0.116. The topological polar surface area (TPSA) is 45.2 Å².